The van der Waals surface area contributed by atoms with Crippen molar-refractivity contribution in [1.82, 2.24) is 10.2 Å². The van der Waals surface area contributed by atoms with Crippen molar-refractivity contribution in [2.75, 3.05) is 26.7 Å². The van der Waals surface area contributed by atoms with Gasteiger partial charge in [0.1, 0.15) is 0 Å². The van der Waals surface area contributed by atoms with Gasteiger partial charge in [-0.1, -0.05) is 0 Å². The van der Waals surface area contributed by atoms with Crippen molar-refractivity contribution in [3.8, 4) is 0 Å². The van der Waals surface area contributed by atoms with E-state index in [1.54, 1.807) is 0 Å². The lowest BCUT2D eigenvalue weighted by molar-refractivity contribution is -0.138. The maximum atomic E-state index is 10.5. The van der Waals surface area contributed by atoms with Gasteiger partial charge in [0.25, 0.3) is 0 Å². The Kier molecular flexibility index (Phi) is 4.35. The second kappa shape index (κ2) is 5.32. The number of nitrogens with zero attached hydrogens (tertiary/aromatic N) is 1. The van der Waals surface area contributed by atoms with E-state index in [0.29, 0.717) is 5.92 Å². The molecule has 0 aromatic carbocycles. The highest BCUT2D eigenvalue weighted by Gasteiger charge is 2.26. The van der Waals surface area contributed by atoms with Crippen LogP contribution in [0.5, 0.6) is 0 Å². The summed E-state index contributed by atoms with van der Waals surface area (Å²) in [7, 11) is 1.96. The number of nitrogens with one attached hydrogen (secondary N) is 1. The molecule has 1 aliphatic rings. The van der Waals surface area contributed by atoms with Gasteiger partial charge >= 0.3 is 5.97 Å². The maximum absolute atomic E-state index is 10.5. The van der Waals surface area contributed by atoms with E-state index in [4.69, 9.17) is 5.11 Å². The van der Waals surface area contributed by atoms with Crippen molar-refractivity contribution in [3.63, 3.8) is 0 Å². The number of carboxylic acids is 1. The SMILES string of the molecule is CNCC1CCN(C(C)CC(=O)O)C1. The Morgan fingerprint density at radius 2 is 2.43 bits per heavy atom. The van der Waals surface area contributed by atoms with Gasteiger partial charge in [-0.05, 0) is 39.4 Å². The number of aliphatic carboxylic acids is 1. The van der Waals surface area contributed by atoms with E-state index in [-0.39, 0.29) is 12.5 Å². The zero-order chi connectivity index (χ0) is 10.6. The third-order valence-electron chi connectivity index (χ3n) is 2.90. The molecule has 0 radical (unpaired) electrons. The Morgan fingerprint density at radius 3 is 3.00 bits per heavy atom. The summed E-state index contributed by atoms with van der Waals surface area (Å²) in [5.41, 5.74) is 0. The van der Waals surface area contributed by atoms with Crippen LogP contribution in [0.4, 0.5) is 0 Å². The summed E-state index contributed by atoms with van der Waals surface area (Å²) in [6, 6.07) is 0.175. The lowest BCUT2D eigenvalue weighted by atomic mass is 10.1. The predicted octanol–water partition coefficient (Wildman–Crippen LogP) is 0.391. The van der Waals surface area contributed by atoms with Gasteiger partial charge in [-0.15, -0.1) is 0 Å². The average Bonchev–Trinajstić information content (AvgIpc) is 2.52. The average molecular weight is 200 g/mol. The normalized spacial score (nSPS) is 25.1. The van der Waals surface area contributed by atoms with Gasteiger partial charge in [-0.2, -0.15) is 0 Å². The summed E-state index contributed by atoms with van der Waals surface area (Å²) in [6.45, 7) is 5.11. The molecule has 2 atom stereocenters. The number of hydrogen-bond donors (Lipinski definition) is 2. The van der Waals surface area contributed by atoms with Crippen LogP contribution in [-0.4, -0.2) is 48.7 Å². The van der Waals surface area contributed by atoms with Crippen LogP contribution in [0.2, 0.25) is 0 Å². The van der Waals surface area contributed by atoms with Crippen LogP contribution < -0.4 is 5.32 Å². The minimum Gasteiger partial charge on any atom is -0.481 e. The first-order chi connectivity index (χ1) is 6.63. The first-order valence-corrected chi connectivity index (χ1v) is 5.24. The van der Waals surface area contributed by atoms with E-state index in [0.717, 1.165) is 19.6 Å². The molecule has 14 heavy (non-hydrogen) atoms. The summed E-state index contributed by atoms with van der Waals surface area (Å²) in [5, 5.41) is 11.8. The van der Waals surface area contributed by atoms with Crippen molar-refractivity contribution in [2.45, 2.75) is 25.8 Å². The molecule has 82 valence electrons. The minimum atomic E-state index is -0.699. The highest BCUT2D eigenvalue weighted by Crippen LogP contribution is 2.19. The maximum Gasteiger partial charge on any atom is 0.304 e. The van der Waals surface area contributed by atoms with Gasteiger partial charge in [-0.3, -0.25) is 9.69 Å². The van der Waals surface area contributed by atoms with Crippen LogP contribution in [0.1, 0.15) is 19.8 Å². The zero-order valence-electron chi connectivity index (χ0n) is 8.99. The van der Waals surface area contributed by atoms with Crippen molar-refractivity contribution >= 4 is 5.97 Å². The summed E-state index contributed by atoms with van der Waals surface area (Å²) in [4.78, 5) is 12.8. The van der Waals surface area contributed by atoms with Gasteiger partial charge in [0.2, 0.25) is 0 Å². The fourth-order valence-corrected chi connectivity index (χ4v) is 2.10. The van der Waals surface area contributed by atoms with E-state index in [2.05, 4.69) is 10.2 Å². The first-order valence-electron chi connectivity index (χ1n) is 5.24. The van der Waals surface area contributed by atoms with Gasteiger partial charge < -0.3 is 10.4 Å². The van der Waals surface area contributed by atoms with E-state index < -0.39 is 5.97 Å². The van der Waals surface area contributed by atoms with Crippen LogP contribution in [0, 0.1) is 5.92 Å². The molecule has 0 saturated carbocycles. The molecule has 4 heteroatoms. The molecule has 1 rings (SSSR count). The standard InChI is InChI=1S/C10H20N2O2/c1-8(5-10(13)14)12-4-3-9(7-12)6-11-2/h8-9,11H,3-7H2,1-2H3,(H,13,14). The molecule has 0 bridgehead atoms. The first kappa shape index (κ1) is 11.5. The minimum absolute atomic E-state index is 0.175. The second-order valence-corrected chi connectivity index (χ2v) is 4.15. The molecule has 0 aromatic heterocycles. The lowest BCUT2D eigenvalue weighted by Gasteiger charge is -2.22. The fourth-order valence-electron chi connectivity index (χ4n) is 2.10. The fraction of sp³-hybridized carbons (Fsp3) is 0.900. The molecule has 0 aliphatic carbocycles. The molecule has 0 spiro atoms. The third kappa shape index (κ3) is 3.27. The molecular weight excluding hydrogens is 180 g/mol. The van der Waals surface area contributed by atoms with Gasteiger partial charge in [0, 0.05) is 12.6 Å². The molecule has 2 unspecified atom stereocenters. The number of carboxylic acid groups (broad SMARTS) is 1. The summed E-state index contributed by atoms with van der Waals surface area (Å²) in [5.74, 6) is -0.00851. The number of rotatable bonds is 5. The van der Waals surface area contributed by atoms with Crippen molar-refractivity contribution in [1.29, 1.82) is 0 Å². The lowest BCUT2D eigenvalue weighted by Crippen LogP contribution is -2.33. The number of carbonyl (C=O) groups is 1. The highest BCUT2D eigenvalue weighted by molar-refractivity contribution is 5.67. The predicted molar refractivity (Wildman–Crippen MR) is 55.3 cm³/mol. The van der Waals surface area contributed by atoms with E-state index >= 15 is 0 Å². The van der Waals surface area contributed by atoms with Crippen molar-refractivity contribution in [3.05, 3.63) is 0 Å². The largest absolute Gasteiger partial charge is 0.481 e. The van der Waals surface area contributed by atoms with Crippen LogP contribution in [0.3, 0.4) is 0 Å². The van der Waals surface area contributed by atoms with Crippen molar-refractivity contribution < 1.29 is 9.90 Å². The van der Waals surface area contributed by atoms with Crippen LogP contribution in [0.25, 0.3) is 0 Å². The Hall–Kier alpha value is -0.610. The smallest absolute Gasteiger partial charge is 0.304 e. The second-order valence-electron chi connectivity index (χ2n) is 4.15. The molecule has 2 N–H and O–H groups in total. The molecule has 1 aliphatic heterocycles. The molecule has 4 nitrogen and oxygen atoms in total. The molecule has 0 amide bonds. The van der Waals surface area contributed by atoms with Crippen LogP contribution >= 0.6 is 0 Å². The van der Waals surface area contributed by atoms with Crippen LogP contribution in [-0.2, 0) is 4.79 Å². The summed E-state index contributed by atoms with van der Waals surface area (Å²) in [6.07, 6.45) is 1.44. The quantitative estimate of drug-likeness (QED) is 0.674. The molecular formula is C10H20N2O2. The zero-order valence-corrected chi connectivity index (χ0v) is 8.99. The van der Waals surface area contributed by atoms with Crippen LogP contribution in [0.15, 0.2) is 0 Å². The Morgan fingerprint density at radius 1 is 1.71 bits per heavy atom. The van der Waals surface area contributed by atoms with E-state index in [1.807, 2.05) is 14.0 Å². The molecule has 1 saturated heterocycles. The van der Waals surface area contributed by atoms with Gasteiger partial charge in [-0.25, -0.2) is 0 Å². The summed E-state index contributed by atoms with van der Waals surface area (Å²) < 4.78 is 0. The third-order valence-corrected chi connectivity index (χ3v) is 2.90. The number of likely N-dealkylation sites (tertiary alicyclic amines) is 1. The summed E-state index contributed by atoms with van der Waals surface area (Å²) >= 11 is 0. The number of hydrogen-bond acceptors (Lipinski definition) is 3. The monoisotopic (exact) mass is 200 g/mol. The highest BCUT2D eigenvalue weighted by atomic mass is 16.4. The van der Waals surface area contributed by atoms with Crippen molar-refractivity contribution in [2.24, 2.45) is 5.92 Å². The topological polar surface area (TPSA) is 52.6 Å². The Bertz CT molecular complexity index is 197. The van der Waals surface area contributed by atoms with Gasteiger partial charge in [0.05, 0.1) is 6.42 Å². The molecule has 1 heterocycles. The molecule has 0 aromatic rings. The Balaban J connectivity index is 2.30. The molecule has 1 fully saturated rings. The Labute approximate surface area is 85.3 Å². The van der Waals surface area contributed by atoms with E-state index in [9.17, 15) is 4.79 Å². The van der Waals surface area contributed by atoms with E-state index in [1.165, 1.54) is 6.42 Å². The van der Waals surface area contributed by atoms with Gasteiger partial charge in [0.15, 0.2) is 0 Å².